The molecule has 0 saturated carbocycles. The van der Waals surface area contributed by atoms with Crippen LogP contribution in [0, 0.1) is 5.41 Å². The third-order valence-corrected chi connectivity index (χ3v) is 4.91. The Bertz CT molecular complexity index is 1060. The first-order chi connectivity index (χ1) is 15.4. The van der Waals surface area contributed by atoms with E-state index >= 15 is 0 Å². The number of ether oxygens (including phenoxy) is 2. The van der Waals surface area contributed by atoms with Crippen LogP contribution in [0.25, 0.3) is 0 Å². The lowest BCUT2D eigenvalue weighted by atomic mass is 10.0. The summed E-state index contributed by atoms with van der Waals surface area (Å²) in [5, 5.41) is 23.9. The lowest BCUT2D eigenvalue weighted by Crippen LogP contribution is -2.33. The molecule has 1 amide bonds. The van der Waals surface area contributed by atoms with Crippen LogP contribution in [-0.4, -0.2) is 31.1 Å². The second kappa shape index (κ2) is 10.2. The van der Waals surface area contributed by atoms with Gasteiger partial charge < -0.3 is 30.9 Å². The zero-order valence-corrected chi connectivity index (χ0v) is 17.9. The number of carbonyl (C=O) groups is 1. The second-order valence-electron chi connectivity index (χ2n) is 7.05. The van der Waals surface area contributed by atoms with Gasteiger partial charge in [0.05, 0.1) is 14.2 Å². The van der Waals surface area contributed by atoms with Crippen molar-refractivity contribution in [3.63, 3.8) is 0 Å². The van der Waals surface area contributed by atoms with Crippen molar-refractivity contribution in [2.75, 3.05) is 19.5 Å². The Morgan fingerprint density at radius 1 is 1.03 bits per heavy atom. The first-order valence-corrected chi connectivity index (χ1v) is 9.90. The summed E-state index contributed by atoms with van der Waals surface area (Å²) in [5.74, 6) is -0.0862. The number of amidine groups is 1. The number of hydrogen-bond acceptors (Lipinski definition) is 6. The Morgan fingerprint density at radius 3 is 2.16 bits per heavy atom. The highest BCUT2D eigenvalue weighted by Crippen LogP contribution is 2.39. The van der Waals surface area contributed by atoms with E-state index < -0.39 is 6.04 Å². The molecule has 8 heteroatoms. The number of hydrogen-bond donors (Lipinski definition) is 5. The minimum absolute atomic E-state index is 0.0401. The van der Waals surface area contributed by atoms with Gasteiger partial charge in [0.25, 0.3) is 0 Å². The largest absolute Gasteiger partial charge is 0.502 e. The molecule has 166 valence electrons. The Kier molecular flexibility index (Phi) is 7.17. The molecule has 0 bridgehead atoms. The molecule has 3 rings (SSSR count). The van der Waals surface area contributed by atoms with Crippen molar-refractivity contribution in [3.05, 3.63) is 83.4 Å². The summed E-state index contributed by atoms with van der Waals surface area (Å²) >= 11 is 0. The molecule has 3 aromatic rings. The number of anilines is 1. The fourth-order valence-electron chi connectivity index (χ4n) is 3.18. The lowest BCUT2D eigenvalue weighted by Gasteiger charge is -2.22. The SMILES string of the molecule is COc1cc(C(Nc2ccc(C(=N)N)cc2)C(=O)NCc2ccccc2)cc(OC)c1O. The van der Waals surface area contributed by atoms with Crippen LogP contribution < -0.4 is 25.8 Å². The molecule has 0 fully saturated rings. The van der Waals surface area contributed by atoms with E-state index in [1.165, 1.54) is 14.2 Å². The van der Waals surface area contributed by atoms with Crippen LogP contribution >= 0.6 is 0 Å². The molecule has 0 aliphatic heterocycles. The first kappa shape index (κ1) is 22.5. The van der Waals surface area contributed by atoms with Crippen LogP contribution in [0.2, 0.25) is 0 Å². The van der Waals surface area contributed by atoms with Crippen molar-refractivity contribution in [2.45, 2.75) is 12.6 Å². The number of nitrogen functional groups attached to an aromatic ring is 1. The predicted octanol–water partition coefficient (Wildman–Crippen LogP) is 3.16. The topological polar surface area (TPSA) is 130 Å². The summed E-state index contributed by atoms with van der Waals surface area (Å²) in [6, 6.07) is 18.8. The van der Waals surface area contributed by atoms with Crippen molar-refractivity contribution in [3.8, 4) is 17.2 Å². The average molecular weight is 434 g/mol. The number of amides is 1. The maximum atomic E-state index is 13.2. The molecular weight excluding hydrogens is 408 g/mol. The van der Waals surface area contributed by atoms with Gasteiger partial charge in [0, 0.05) is 17.8 Å². The molecule has 0 aliphatic carbocycles. The molecule has 1 atom stereocenters. The predicted molar refractivity (Wildman–Crippen MR) is 123 cm³/mol. The van der Waals surface area contributed by atoms with Gasteiger partial charge in [-0.05, 0) is 47.5 Å². The number of benzene rings is 3. The van der Waals surface area contributed by atoms with Gasteiger partial charge in [-0.25, -0.2) is 0 Å². The van der Waals surface area contributed by atoms with Crippen molar-refractivity contribution >= 4 is 17.4 Å². The number of phenolic OH excluding ortho intramolecular Hbond substituents is 1. The van der Waals surface area contributed by atoms with Crippen LogP contribution in [0.3, 0.4) is 0 Å². The second-order valence-corrected chi connectivity index (χ2v) is 7.05. The Labute approximate surface area is 186 Å². The van der Waals surface area contributed by atoms with Gasteiger partial charge in [-0.2, -0.15) is 0 Å². The molecule has 1 unspecified atom stereocenters. The number of nitrogens with two attached hydrogens (primary N) is 1. The van der Waals surface area contributed by atoms with Gasteiger partial charge in [-0.1, -0.05) is 30.3 Å². The van der Waals surface area contributed by atoms with Gasteiger partial charge in [0.1, 0.15) is 11.9 Å². The fraction of sp³-hybridized carbons (Fsp3) is 0.167. The van der Waals surface area contributed by atoms with E-state index in [-0.39, 0.29) is 29.0 Å². The zero-order chi connectivity index (χ0) is 23.1. The Hall–Kier alpha value is -4.20. The van der Waals surface area contributed by atoms with Crippen molar-refractivity contribution in [1.82, 2.24) is 5.32 Å². The van der Waals surface area contributed by atoms with E-state index in [4.69, 9.17) is 20.6 Å². The number of methoxy groups -OCH3 is 2. The van der Waals surface area contributed by atoms with E-state index in [0.29, 0.717) is 23.4 Å². The fourth-order valence-corrected chi connectivity index (χ4v) is 3.18. The normalized spacial score (nSPS) is 11.3. The molecule has 0 heterocycles. The Balaban J connectivity index is 1.93. The number of carbonyl (C=O) groups excluding carboxylic acids is 1. The number of nitrogens with one attached hydrogen (secondary N) is 3. The standard InChI is InChI=1S/C24H26N4O4/c1-31-19-12-17(13-20(32-2)22(19)29)21(24(30)27-14-15-6-4-3-5-7-15)28-18-10-8-16(9-11-18)23(25)26/h3-13,21,28-29H,14H2,1-2H3,(H3,25,26)(H,27,30). The smallest absolute Gasteiger partial charge is 0.247 e. The maximum Gasteiger partial charge on any atom is 0.247 e. The van der Waals surface area contributed by atoms with E-state index in [0.717, 1.165) is 5.56 Å². The summed E-state index contributed by atoms with van der Waals surface area (Å²) in [6.07, 6.45) is 0. The third kappa shape index (κ3) is 5.28. The third-order valence-electron chi connectivity index (χ3n) is 4.91. The zero-order valence-electron chi connectivity index (χ0n) is 17.9. The first-order valence-electron chi connectivity index (χ1n) is 9.90. The minimum atomic E-state index is -0.815. The molecule has 0 aromatic heterocycles. The van der Waals surface area contributed by atoms with Crippen LogP contribution in [0.4, 0.5) is 5.69 Å². The quantitative estimate of drug-likeness (QED) is 0.260. The van der Waals surface area contributed by atoms with Crippen LogP contribution in [0.15, 0.2) is 66.7 Å². The summed E-state index contributed by atoms with van der Waals surface area (Å²) in [7, 11) is 2.85. The molecular formula is C24H26N4O4. The number of aromatic hydroxyl groups is 1. The van der Waals surface area contributed by atoms with Crippen molar-refractivity contribution in [2.24, 2.45) is 5.73 Å². The van der Waals surface area contributed by atoms with Crippen LogP contribution in [0.1, 0.15) is 22.7 Å². The highest BCUT2D eigenvalue weighted by molar-refractivity contribution is 5.95. The highest BCUT2D eigenvalue weighted by atomic mass is 16.5. The molecule has 0 spiro atoms. The van der Waals surface area contributed by atoms with Crippen molar-refractivity contribution < 1.29 is 19.4 Å². The minimum Gasteiger partial charge on any atom is -0.502 e. The summed E-state index contributed by atoms with van der Waals surface area (Å²) in [6.45, 7) is 0.355. The maximum absolute atomic E-state index is 13.2. The molecule has 32 heavy (non-hydrogen) atoms. The monoisotopic (exact) mass is 434 g/mol. The molecule has 3 aromatic carbocycles. The van der Waals surface area contributed by atoms with E-state index in [1.54, 1.807) is 36.4 Å². The summed E-state index contributed by atoms with van der Waals surface area (Å²) < 4.78 is 10.5. The van der Waals surface area contributed by atoms with Gasteiger partial charge >= 0.3 is 0 Å². The van der Waals surface area contributed by atoms with Crippen LogP contribution in [0.5, 0.6) is 17.2 Å². The number of rotatable bonds is 9. The van der Waals surface area contributed by atoms with Gasteiger partial charge in [-0.15, -0.1) is 0 Å². The Morgan fingerprint density at radius 2 is 1.62 bits per heavy atom. The van der Waals surface area contributed by atoms with Gasteiger partial charge in [0.15, 0.2) is 11.5 Å². The molecule has 0 saturated heterocycles. The van der Waals surface area contributed by atoms with Gasteiger partial charge in [0.2, 0.25) is 11.7 Å². The molecule has 6 N–H and O–H groups in total. The summed E-state index contributed by atoms with van der Waals surface area (Å²) in [5.41, 5.74) is 8.26. The molecule has 8 nitrogen and oxygen atoms in total. The summed E-state index contributed by atoms with van der Waals surface area (Å²) in [4.78, 5) is 13.2. The van der Waals surface area contributed by atoms with Crippen LogP contribution in [-0.2, 0) is 11.3 Å². The van der Waals surface area contributed by atoms with Crippen molar-refractivity contribution in [1.29, 1.82) is 5.41 Å². The highest BCUT2D eigenvalue weighted by Gasteiger charge is 2.24. The van der Waals surface area contributed by atoms with Gasteiger partial charge in [-0.3, -0.25) is 10.2 Å². The molecule has 0 radical (unpaired) electrons. The van der Waals surface area contributed by atoms with E-state index in [9.17, 15) is 9.90 Å². The molecule has 0 aliphatic rings. The van der Waals surface area contributed by atoms with E-state index in [2.05, 4.69) is 10.6 Å². The average Bonchev–Trinajstić information content (AvgIpc) is 2.82. The van der Waals surface area contributed by atoms with E-state index in [1.807, 2.05) is 30.3 Å². The lowest BCUT2D eigenvalue weighted by molar-refractivity contribution is -0.122. The number of phenols is 1.